The molecular weight excluding hydrogens is 330 g/mol. The Bertz CT molecular complexity index is 861. The lowest BCUT2D eigenvalue weighted by Crippen LogP contribution is -2.35. The van der Waals surface area contributed by atoms with Crippen molar-refractivity contribution >= 4 is 11.7 Å². The van der Waals surface area contributed by atoms with Crippen LogP contribution in [0.3, 0.4) is 0 Å². The van der Waals surface area contributed by atoms with Crippen molar-refractivity contribution in [3.05, 3.63) is 72.1 Å². The summed E-state index contributed by atoms with van der Waals surface area (Å²) in [4.78, 5) is 24.4. The Morgan fingerprint density at radius 1 is 1.08 bits per heavy atom. The Balaban J connectivity index is 1.51. The molecule has 0 radical (unpaired) electrons. The molecule has 26 heavy (non-hydrogen) atoms. The Morgan fingerprint density at radius 2 is 1.81 bits per heavy atom. The molecule has 0 aliphatic carbocycles. The highest BCUT2D eigenvalue weighted by Crippen LogP contribution is 2.09. The normalized spacial score (nSPS) is 11.7. The van der Waals surface area contributed by atoms with Crippen molar-refractivity contribution in [3.63, 3.8) is 0 Å². The molecule has 0 unspecified atom stereocenters. The van der Waals surface area contributed by atoms with E-state index in [0.29, 0.717) is 5.56 Å². The van der Waals surface area contributed by atoms with Crippen molar-refractivity contribution < 1.29 is 9.59 Å². The van der Waals surface area contributed by atoms with Crippen molar-refractivity contribution in [3.8, 4) is 5.69 Å². The zero-order valence-corrected chi connectivity index (χ0v) is 14.4. The van der Waals surface area contributed by atoms with Crippen LogP contribution in [0.1, 0.15) is 29.3 Å². The first-order valence-electron chi connectivity index (χ1n) is 8.32. The van der Waals surface area contributed by atoms with Crippen molar-refractivity contribution in [2.75, 3.05) is 0 Å². The molecule has 1 N–H and O–H groups in total. The minimum atomic E-state index is -0.226. The number of Topliss-reactive ketones (excluding diaryl/α,β-unsaturated/α-hetero) is 1. The molecule has 0 saturated heterocycles. The number of carbonyl (C=O) groups is 2. The molecule has 0 fully saturated rings. The molecule has 0 aliphatic heterocycles. The largest absolute Gasteiger partial charge is 0.353 e. The topological polar surface area (TPSA) is 89.8 Å². The van der Waals surface area contributed by atoms with Gasteiger partial charge in [0.25, 0.3) is 0 Å². The number of rotatable bonds is 7. The van der Waals surface area contributed by atoms with Crippen molar-refractivity contribution in [2.45, 2.75) is 25.8 Å². The van der Waals surface area contributed by atoms with Gasteiger partial charge in [-0.3, -0.25) is 9.59 Å². The lowest BCUT2D eigenvalue weighted by Gasteiger charge is -2.13. The van der Waals surface area contributed by atoms with Crippen LogP contribution in [0.15, 0.2) is 60.9 Å². The van der Waals surface area contributed by atoms with Crippen LogP contribution in [0.2, 0.25) is 0 Å². The van der Waals surface area contributed by atoms with Crippen LogP contribution in [0.5, 0.6) is 0 Å². The van der Waals surface area contributed by atoms with E-state index in [4.69, 9.17) is 0 Å². The summed E-state index contributed by atoms with van der Waals surface area (Å²) in [5, 5.41) is 13.9. The molecule has 1 atom stereocenters. The molecular formula is C19H19N5O2. The van der Waals surface area contributed by atoms with E-state index in [1.165, 1.54) is 6.33 Å². The summed E-state index contributed by atoms with van der Waals surface area (Å²) in [6, 6.07) is 16.3. The quantitative estimate of drug-likeness (QED) is 0.659. The summed E-state index contributed by atoms with van der Waals surface area (Å²) in [6.07, 6.45) is 2.03. The summed E-state index contributed by atoms with van der Waals surface area (Å²) in [5.74, 6) is -0.0993. The molecule has 7 nitrogen and oxygen atoms in total. The number of nitrogens with one attached hydrogen (secondary N) is 1. The van der Waals surface area contributed by atoms with Crippen LogP contribution >= 0.6 is 0 Å². The fourth-order valence-corrected chi connectivity index (χ4v) is 2.63. The number of nitrogens with zero attached hydrogens (tertiary/aromatic N) is 4. The summed E-state index contributed by atoms with van der Waals surface area (Å²) in [5.41, 5.74) is 2.36. The number of amides is 1. The number of carbonyl (C=O) groups excluding carboxylic acids is 2. The van der Waals surface area contributed by atoms with E-state index in [2.05, 4.69) is 20.8 Å². The molecule has 0 saturated carbocycles. The average molecular weight is 349 g/mol. The first kappa shape index (κ1) is 17.5. The van der Waals surface area contributed by atoms with Gasteiger partial charge in [-0.1, -0.05) is 42.5 Å². The van der Waals surface area contributed by atoms with E-state index >= 15 is 0 Å². The van der Waals surface area contributed by atoms with Crippen molar-refractivity contribution in [1.82, 2.24) is 25.5 Å². The molecule has 2 aromatic carbocycles. The predicted molar refractivity (Wildman–Crippen MR) is 95.9 cm³/mol. The van der Waals surface area contributed by atoms with Gasteiger partial charge in [-0.05, 0) is 35.0 Å². The van der Waals surface area contributed by atoms with Gasteiger partial charge in [0.05, 0.1) is 12.1 Å². The molecule has 0 bridgehead atoms. The van der Waals surface area contributed by atoms with Crippen molar-refractivity contribution in [2.24, 2.45) is 0 Å². The third-order valence-corrected chi connectivity index (χ3v) is 3.91. The molecule has 3 aromatic rings. The Kier molecular flexibility index (Phi) is 5.48. The zero-order valence-electron chi connectivity index (χ0n) is 14.4. The summed E-state index contributed by atoms with van der Waals surface area (Å²) in [7, 11) is 0. The Hall–Kier alpha value is -3.35. The first-order chi connectivity index (χ1) is 12.6. The minimum absolute atomic E-state index is 0.0178. The molecule has 1 amide bonds. The fourth-order valence-electron chi connectivity index (χ4n) is 2.63. The number of tetrazole rings is 1. The van der Waals surface area contributed by atoms with Gasteiger partial charge in [0.1, 0.15) is 6.33 Å². The lowest BCUT2D eigenvalue weighted by atomic mass is 10.0. The van der Waals surface area contributed by atoms with Gasteiger partial charge >= 0.3 is 0 Å². The van der Waals surface area contributed by atoms with Crippen LogP contribution in [0, 0.1) is 0 Å². The summed E-state index contributed by atoms with van der Waals surface area (Å²) < 4.78 is 1.54. The third kappa shape index (κ3) is 4.60. The fraction of sp³-hybridized carbons (Fsp3) is 0.211. The van der Waals surface area contributed by atoms with Gasteiger partial charge in [-0.2, -0.15) is 0 Å². The highest BCUT2D eigenvalue weighted by Gasteiger charge is 2.13. The van der Waals surface area contributed by atoms with Gasteiger partial charge in [-0.25, -0.2) is 4.68 Å². The maximum atomic E-state index is 12.2. The van der Waals surface area contributed by atoms with Crippen LogP contribution in [-0.4, -0.2) is 37.9 Å². The SMILES string of the molecule is C[C@H](CC(=O)c1ccccc1)NC(=O)Cc1ccc(-n2cnnn2)cc1. The molecule has 132 valence electrons. The van der Waals surface area contributed by atoms with E-state index in [9.17, 15) is 9.59 Å². The van der Waals surface area contributed by atoms with Crippen LogP contribution in [-0.2, 0) is 11.2 Å². The van der Waals surface area contributed by atoms with Crippen molar-refractivity contribution in [1.29, 1.82) is 0 Å². The number of hydrogen-bond donors (Lipinski definition) is 1. The predicted octanol–water partition coefficient (Wildman–Crippen LogP) is 1.98. The van der Waals surface area contributed by atoms with E-state index in [-0.39, 0.29) is 30.6 Å². The second-order valence-electron chi connectivity index (χ2n) is 6.06. The molecule has 3 rings (SSSR count). The van der Waals surface area contributed by atoms with E-state index in [0.717, 1.165) is 11.3 Å². The maximum Gasteiger partial charge on any atom is 0.224 e. The first-order valence-corrected chi connectivity index (χ1v) is 8.32. The smallest absolute Gasteiger partial charge is 0.224 e. The highest BCUT2D eigenvalue weighted by molar-refractivity contribution is 5.96. The molecule has 0 spiro atoms. The van der Waals surface area contributed by atoms with Gasteiger partial charge in [-0.15, -0.1) is 5.10 Å². The number of aromatic nitrogens is 4. The van der Waals surface area contributed by atoms with E-state index < -0.39 is 0 Å². The average Bonchev–Trinajstić information content (AvgIpc) is 3.17. The summed E-state index contributed by atoms with van der Waals surface area (Å²) in [6.45, 7) is 1.83. The molecule has 0 aliphatic rings. The molecule has 1 heterocycles. The standard InChI is InChI=1S/C19H19N5O2/c1-14(11-18(25)16-5-3-2-4-6-16)21-19(26)12-15-7-9-17(10-8-15)24-13-20-22-23-24/h2-10,13-14H,11-12H2,1H3,(H,21,26)/t14-/m1/s1. The molecule has 1 aromatic heterocycles. The van der Waals surface area contributed by atoms with Crippen LogP contribution in [0.4, 0.5) is 0 Å². The maximum absolute atomic E-state index is 12.2. The van der Waals surface area contributed by atoms with Gasteiger partial charge in [0.15, 0.2) is 5.78 Å². The summed E-state index contributed by atoms with van der Waals surface area (Å²) >= 11 is 0. The highest BCUT2D eigenvalue weighted by atomic mass is 16.1. The van der Waals surface area contributed by atoms with Gasteiger partial charge < -0.3 is 5.32 Å². The zero-order chi connectivity index (χ0) is 18.4. The lowest BCUT2D eigenvalue weighted by molar-refractivity contribution is -0.121. The number of hydrogen-bond acceptors (Lipinski definition) is 5. The van der Waals surface area contributed by atoms with Gasteiger partial charge in [0, 0.05) is 18.0 Å². The van der Waals surface area contributed by atoms with E-state index in [1.807, 2.05) is 49.4 Å². The minimum Gasteiger partial charge on any atom is -0.353 e. The monoisotopic (exact) mass is 349 g/mol. The van der Waals surface area contributed by atoms with E-state index in [1.54, 1.807) is 16.8 Å². The number of benzene rings is 2. The van der Waals surface area contributed by atoms with Crippen LogP contribution in [0.25, 0.3) is 5.69 Å². The number of ketones is 1. The van der Waals surface area contributed by atoms with Gasteiger partial charge in [0.2, 0.25) is 5.91 Å². The second kappa shape index (κ2) is 8.15. The molecule has 7 heteroatoms. The Morgan fingerprint density at radius 3 is 2.46 bits per heavy atom. The second-order valence-corrected chi connectivity index (χ2v) is 6.06. The third-order valence-electron chi connectivity index (χ3n) is 3.91. The van der Waals surface area contributed by atoms with Crippen LogP contribution < -0.4 is 5.32 Å². The Labute approximate surface area is 151 Å².